The van der Waals surface area contributed by atoms with Gasteiger partial charge in [0.25, 0.3) is 11.6 Å². The predicted octanol–water partition coefficient (Wildman–Crippen LogP) is 1.93. The molecule has 2 aromatic rings. The molecule has 0 saturated heterocycles. The molecule has 0 unspecified atom stereocenters. The topological polar surface area (TPSA) is 130 Å². The number of carbonyl (C=O) groups is 2. The highest BCUT2D eigenvalue weighted by Crippen LogP contribution is 2.36. The van der Waals surface area contributed by atoms with E-state index in [-0.39, 0.29) is 30.3 Å². The SMILES string of the molecule is Cc1csc(NC(=O)COC(=O)c2cc3c(cc2[N+](=O)[O-])OCCO3)n1. The van der Waals surface area contributed by atoms with Crippen LogP contribution in [0.5, 0.6) is 11.5 Å². The molecule has 2 heterocycles. The zero-order valence-electron chi connectivity index (χ0n) is 13.5. The molecular formula is C15H13N3O7S. The first-order chi connectivity index (χ1) is 12.4. The van der Waals surface area contributed by atoms with Crippen molar-refractivity contribution >= 4 is 34.0 Å². The van der Waals surface area contributed by atoms with E-state index in [0.717, 1.165) is 11.8 Å². The Morgan fingerprint density at radius 2 is 2.04 bits per heavy atom. The van der Waals surface area contributed by atoms with Gasteiger partial charge in [-0.15, -0.1) is 11.3 Å². The van der Waals surface area contributed by atoms with E-state index in [9.17, 15) is 19.7 Å². The van der Waals surface area contributed by atoms with Crippen molar-refractivity contribution in [3.05, 3.63) is 38.9 Å². The molecule has 0 fully saturated rings. The van der Waals surface area contributed by atoms with Crippen LogP contribution in [-0.4, -0.2) is 41.6 Å². The molecule has 136 valence electrons. The second-order valence-electron chi connectivity index (χ2n) is 5.19. The van der Waals surface area contributed by atoms with E-state index in [0.29, 0.717) is 5.13 Å². The molecule has 1 aromatic carbocycles. The quantitative estimate of drug-likeness (QED) is 0.474. The molecule has 3 rings (SSSR count). The third-order valence-electron chi connectivity index (χ3n) is 3.28. The number of nitro groups is 1. The fourth-order valence-electron chi connectivity index (χ4n) is 2.17. The molecular weight excluding hydrogens is 366 g/mol. The van der Waals surface area contributed by atoms with Crippen molar-refractivity contribution in [3.8, 4) is 11.5 Å². The molecule has 0 radical (unpaired) electrons. The number of hydrogen-bond acceptors (Lipinski definition) is 9. The molecule has 1 aliphatic rings. The molecule has 0 aliphatic carbocycles. The summed E-state index contributed by atoms with van der Waals surface area (Å²) in [4.78, 5) is 38.5. The largest absolute Gasteiger partial charge is 0.486 e. The van der Waals surface area contributed by atoms with E-state index in [4.69, 9.17) is 14.2 Å². The van der Waals surface area contributed by atoms with Crippen molar-refractivity contribution in [1.82, 2.24) is 4.98 Å². The number of amides is 1. The number of nitrogens with zero attached hydrogens (tertiary/aromatic N) is 2. The van der Waals surface area contributed by atoms with Crippen LogP contribution < -0.4 is 14.8 Å². The maximum Gasteiger partial charge on any atom is 0.345 e. The highest BCUT2D eigenvalue weighted by molar-refractivity contribution is 7.13. The van der Waals surface area contributed by atoms with E-state index in [1.165, 1.54) is 17.4 Å². The first-order valence-electron chi connectivity index (χ1n) is 7.41. The second-order valence-corrected chi connectivity index (χ2v) is 6.05. The molecule has 10 nitrogen and oxygen atoms in total. The minimum Gasteiger partial charge on any atom is -0.486 e. The Balaban J connectivity index is 1.70. The zero-order valence-corrected chi connectivity index (χ0v) is 14.3. The van der Waals surface area contributed by atoms with E-state index in [1.54, 1.807) is 12.3 Å². The van der Waals surface area contributed by atoms with Gasteiger partial charge in [-0.25, -0.2) is 9.78 Å². The lowest BCUT2D eigenvalue weighted by Gasteiger charge is -2.18. The highest BCUT2D eigenvalue weighted by Gasteiger charge is 2.27. The molecule has 0 saturated carbocycles. The number of aromatic nitrogens is 1. The average Bonchev–Trinajstić information content (AvgIpc) is 3.03. The minimum absolute atomic E-state index is 0.177. The second kappa shape index (κ2) is 7.35. The van der Waals surface area contributed by atoms with Gasteiger partial charge in [-0.05, 0) is 6.92 Å². The van der Waals surface area contributed by atoms with Crippen LogP contribution in [0.4, 0.5) is 10.8 Å². The van der Waals surface area contributed by atoms with Gasteiger partial charge < -0.3 is 14.2 Å². The minimum atomic E-state index is -1.01. The first-order valence-corrected chi connectivity index (χ1v) is 8.29. The third kappa shape index (κ3) is 3.88. The van der Waals surface area contributed by atoms with Gasteiger partial charge in [-0.1, -0.05) is 0 Å². The fourth-order valence-corrected chi connectivity index (χ4v) is 2.87. The number of anilines is 1. The number of benzene rings is 1. The van der Waals surface area contributed by atoms with E-state index in [2.05, 4.69) is 10.3 Å². The molecule has 11 heteroatoms. The normalized spacial score (nSPS) is 12.3. The van der Waals surface area contributed by atoms with Crippen LogP contribution in [0.1, 0.15) is 16.1 Å². The number of ether oxygens (including phenoxy) is 3. The summed E-state index contributed by atoms with van der Waals surface area (Å²) < 4.78 is 15.5. The summed E-state index contributed by atoms with van der Waals surface area (Å²) in [5.41, 5.74) is -0.0680. The van der Waals surface area contributed by atoms with Gasteiger partial charge in [0.15, 0.2) is 23.2 Å². The molecule has 0 bridgehead atoms. The lowest BCUT2D eigenvalue weighted by atomic mass is 10.1. The summed E-state index contributed by atoms with van der Waals surface area (Å²) in [6.45, 7) is 1.68. The lowest BCUT2D eigenvalue weighted by Crippen LogP contribution is -2.22. The Hall–Kier alpha value is -3.21. The van der Waals surface area contributed by atoms with Crippen LogP contribution in [0.3, 0.4) is 0 Å². The van der Waals surface area contributed by atoms with Crippen LogP contribution in [0, 0.1) is 17.0 Å². The molecule has 0 spiro atoms. The van der Waals surface area contributed by atoms with Crippen LogP contribution in [-0.2, 0) is 9.53 Å². The number of nitrogens with one attached hydrogen (secondary N) is 1. The number of esters is 1. The summed E-state index contributed by atoms with van der Waals surface area (Å²) in [6, 6.07) is 2.28. The monoisotopic (exact) mass is 379 g/mol. The van der Waals surface area contributed by atoms with E-state index in [1.807, 2.05) is 0 Å². The van der Waals surface area contributed by atoms with Crippen LogP contribution in [0.2, 0.25) is 0 Å². The summed E-state index contributed by atoms with van der Waals surface area (Å²) in [5.74, 6) is -1.24. The molecule has 1 aromatic heterocycles. The number of thiazole rings is 1. The van der Waals surface area contributed by atoms with Crippen LogP contribution in [0.15, 0.2) is 17.5 Å². The number of rotatable bonds is 5. The number of aryl methyl sites for hydroxylation is 1. The van der Waals surface area contributed by atoms with Crippen molar-refractivity contribution < 1.29 is 28.7 Å². The highest BCUT2D eigenvalue weighted by atomic mass is 32.1. The molecule has 0 atom stereocenters. The molecule has 1 N–H and O–H groups in total. The summed E-state index contributed by atoms with van der Waals surface area (Å²) in [6.07, 6.45) is 0. The van der Waals surface area contributed by atoms with Gasteiger partial charge in [0.05, 0.1) is 16.7 Å². The Bertz CT molecular complexity index is 880. The average molecular weight is 379 g/mol. The van der Waals surface area contributed by atoms with Crippen molar-refractivity contribution in [2.75, 3.05) is 25.1 Å². The zero-order chi connectivity index (χ0) is 18.7. The van der Waals surface area contributed by atoms with Gasteiger partial charge >= 0.3 is 5.97 Å². The Kier molecular flexibility index (Phi) is 4.98. The molecule has 26 heavy (non-hydrogen) atoms. The summed E-state index contributed by atoms with van der Waals surface area (Å²) in [5, 5.41) is 15.8. The van der Waals surface area contributed by atoms with Crippen molar-refractivity contribution in [2.45, 2.75) is 6.92 Å². The fraction of sp³-hybridized carbons (Fsp3) is 0.267. The number of fused-ring (bicyclic) bond motifs is 1. The van der Waals surface area contributed by atoms with Crippen LogP contribution in [0.25, 0.3) is 0 Å². The van der Waals surface area contributed by atoms with Crippen molar-refractivity contribution in [2.24, 2.45) is 0 Å². The Morgan fingerprint density at radius 3 is 2.65 bits per heavy atom. The number of hydrogen-bond donors (Lipinski definition) is 1. The van der Waals surface area contributed by atoms with E-state index >= 15 is 0 Å². The van der Waals surface area contributed by atoms with Crippen molar-refractivity contribution in [1.29, 1.82) is 0 Å². The Labute approximate surface area is 150 Å². The van der Waals surface area contributed by atoms with Gasteiger partial charge in [-0.2, -0.15) is 0 Å². The Morgan fingerprint density at radius 1 is 1.35 bits per heavy atom. The molecule has 1 amide bonds. The number of carbonyl (C=O) groups excluding carboxylic acids is 2. The van der Waals surface area contributed by atoms with Crippen molar-refractivity contribution in [3.63, 3.8) is 0 Å². The lowest BCUT2D eigenvalue weighted by molar-refractivity contribution is -0.385. The smallest absolute Gasteiger partial charge is 0.345 e. The van der Waals surface area contributed by atoms with Gasteiger partial charge in [0, 0.05) is 11.4 Å². The summed E-state index contributed by atoms with van der Waals surface area (Å²) in [7, 11) is 0. The molecule has 1 aliphatic heterocycles. The third-order valence-corrected chi connectivity index (χ3v) is 4.15. The van der Waals surface area contributed by atoms with Crippen LogP contribution >= 0.6 is 11.3 Å². The first kappa shape index (κ1) is 17.6. The standard InChI is InChI=1S/C15H13N3O7S/c1-8-7-26-15(16-8)17-13(19)6-25-14(20)9-4-11-12(24-3-2-23-11)5-10(9)18(21)22/h4-5,7H,2-3,6H2,1H3,(H,16,17,19). The number of nitro benzene ring substituents is 1. The predicted molar refractivity (Wildman–Crippen MR) is 89.8 cm³/mol. The maximum absolute atomic E-state index is 12.2. The van der Waals surface area contributed by atoms with E-state index < -0.39 is 29.1 Å². The van der Waals surface area contributed by atoms with Gasteiger partial charge in [-0.3, -0.25) is 20.2 Å². The van der Waals surface area contributed by atoms with Gasteiger partial charge in [0.2, 0.25) is 0 Å². The summed E-state index contributed by atoms with van der Waals surface area (Å²) >= 11 is 1.23. The maximum atomic E-state index is 12.2. The van der Waals surface area contributed by atoms with Gasteiger partial charge in [0.1, 0.15) is 18.8 Å².